The number of hydrogen-bond donors (Lipinski definition) is 0. The first-order chi connectivity index (χ1) is 28.8. The molecule has 13 aromatic rings. The van der Waals surface area contributed by atoms with E-state index in [0.29, 0.717) is 0 Å². The number of hydrogen-bond acceptors (Lipinski definition) is 0. The molecule has 0 unspecified atom stereocenters. The summed E-state index contributed by atoms with van der Waals surface area (Å²) in [6.45, 7) is 0. The van der Waals surface area contributed by atoms with E-state index in [4.69, 9.17) is 0 Å². The summed E-state index contributed by atoms with van der Waals surface area (Å²) in [5.41, 5.74) is 10.1. The third-order valence-corrected chi connectivity index (χ3v) is 12.9. The molecule has 0 saturated heterocycles. The van der Waals surface area contributed by atoms with Crippen molar-refractivity contribution in [3.05, 3.63) is 206 Å². The molecule has 0 atom stereocenters. The molecule has 266 valence electrons. The smallest absolute Gasteiger partial charge is 0.000718 e. The molecule has 0 N–H and O–H groups in total. The molecule has 0 aromatic heterocycles. The molecule has 0 aliphatic heterocycles. The van der Waals surface area contributed by atoms with Crippen LogP contribution in [0.2, 0.25) is 0 Å². The monoisotopic (exact) mass is 730 g/mol. The van der Waals surface area contributed by atoms with Gasteiger partial charge < -0.3 is 0 Å². The van der Waals surface area contributed by atoms with Gasteiger partial charge in [0.25, 0.3) is 0 Å². The zero-order chi connectivity index (χ0) is 37.9. The lowest BCUT2D eigenvalue weighted by Gasteiger charge is -2.20. The molecule has 0 saturated carbocycles. The van der Waals surface area contributed by atoms with E-state index in [-0.39, 0.29) is 0 Å². The average molecular weight is 731 g/mol. The highest BCUT2D eigenvalue weighted by atomic mass is 14.3. The van der Waals surface area contributed by atoms with Crippen molar-refractivity contribution in [3.8, 4) is 44.5 Å². The SMILES string of the molecule is c1ccc(-c2ccccc2-c2c3cc4c5ccccc5c5cccc(c3c(-c3ccccc3)c3c6ccc(-c7cccc8ccccc78)c7cccc(c23)c76)c54)cc1. The van der Waals surface area contributed by atoms with Gasteiger partial charge in [-0.1, -0.05) is 200 Å². The zero-order valence-electron chi connectivity index (χ0n) is 31.6. The molecule has 13 rings (SSSR count). The van der Waals surface area contributed by atoms with Crippen molar-refractivity contribution in [2.75, 3.05) is 0 Å². The Morgan fingerprint density at radius 1 is 0.190 bits per heavy atom. The molecule has 0 radical (unpaired) electrons. The van der Waals surface area contributed by atoms with Gasteiger partial charge in [0.2, 0.25) is 0 Å². The van der Waals surface area contributed by atoms with Gasteiger partial charge in [-0.25, -0.2) is 0 Å². The van der Waals surface area contributed by atoms with Crippen LogP contribution in [0.1, 0.15) is 0 Å². The van der Waals surface area contributed by atoms with Gasteiger partial charge in [-0.3, -0.25) is 0 Å². The van der Waals surface area contributed by atoms with E-state index in [9.17, 15) is 0 Å². The van der Waals surface area contributed by atoms with Crippen molar-refractivity contribution in [1.82, 2.24) is 0 Å². The predicted octanol–water partition coefficient (Wildman–Crippen LogP) is 16.5. The van der Waals surface area contributed by atoms with Crippen LogP contribution in [0.25, 0.3) is 131 Å². The number of benzene rings is 11. The standard InChI is InChI=1S/C58H34/c1-3-16-35(17-4-1)39-23-9-12-26-44(39)55-51-34-50-42-25-11-10-24-41(42)45-28-14-30-47(54(45)50)56(51)52(37-19-5-2-6-20-37)57-49-33-32-43(46-29-15-31-48(53(46)49)58(55)57)40-27-13-21-36-18-7-8-22-38(36)40/h1-34H. The third-order valence-electron chi connectivity index (χ3n) is 12.9. The second-order valence-electron chi connectivity index (χ2n) is 15.8. The Bertz CT molecular complexity index is 3760. The highest BCUT2D eigenvalue weighted by Crippen LogP contribution is 2.56. The lowest BCUT2D eigenvalue weighted by atomic mass is 9.82. The van der Waals surface area contributed by atoms with E-state index < -0.39 is 0 Å². The van der Waals surface area contributed by atoms with Gasteiger partial charge in [0, 0.05) is 0 Å². The molecule has 0 aliphatic rings. The molecule has 0 bridgehead atoms. The largest absolute Gasteiger partial charge is 0.0622 e. The summed E-state index contributed by atoms with van der Waals surface area (Å²) in [5.74, 6) is 0. The van der Waals surface area contributed by atoms with Crippen LogP contribution >= 0.6 is 0 Å². The Labute approximate surface area is 335 Å². The van der Waals surface area contributed by atoms with E-state index in [1.54, 1.807) is 0 Å². The minimum absolute atomic E-state index is 1.22. The number of rotatable bonds is 4. The predicted molar refractivity (Wildman–Crippen MR) is 251 cm³/mol. The molecule has 0 aliphatic carbocycles. The van der Waals surface area contributed by atoms with Crippen molar-refractivity contribution < 1.29 is 0 Å². The van der Waals surface area contributed by atoms with Crippen molar-refractivity contribution in [1.29, 1.82) is 0 Å². The van der Waals surface area contributed by atoms with Gasteiger partial charge >= 0.3 is 0 Å². The Morgan fingerprint density at radius 2 is 0.672 bits per heavy atom. The molecule has 0 heteroatoms. The maximum Gasteiger partial charge on any atom is -0.000718 e. The fourth-order valence-electron chi connectivity index (χ4n) is 10.7. The van der Waals surface area contributed by atoms with Crippen molar-refractivity contribution >= 4 is 86.2 Å². The fourth-order valence-corrected chi connectivity index (χ4v) is 10.7. The van der Waals surface area contributed by atoms with Gasteiger partial charge in [-0.2, -0.15) is 0 Å². The topological polar surface area (TPSA) is 0 Å². The summed E-state index contributed by atoms with van der Waals surface area (Å²) < 4.78 is 0. The van der Waals surface area contributed by atoms with Gasteiger partial charge in [0.1, 0.15) is 0 Å². The lowest BCUT2D eigenvalue weighted by molar-refractivity contribution is 1.61. The first-order valence-electron chi connectivity index (χ1n) is 20.3. The van der Waals surface area contributed by atoms with Crippen LogP contribution < -0.4 is 0 Å². The normalized spacial score (nSPS) is 12.1. The highest BCUT2D eigenvalue weighted by molar-refractivity contribution is 6.45. The van der Waals surface area contributed by atoms with Crippen LogP contribution in [-0.4, -0.2) is 0 Å². The van der Waals surface area contributed by atoms with Gasteiger partial charge in [-0.05, 0) is 137 Å². The Hall–Kier alpha value is -7.54. The summed E-state index contributed by atoms with van der Waals surface area (Å²) in [7, 11) is 0. The van der Waals surface area contributed by atoms with Crippen molar-refractivity contribution in [2.24, 2.45) is 0 Å². The second-order valence-corrected chi connectivity index (χ2v) is 15.8. The molecule has 0 nitrogen and oxygen atoms in total. The van der Waals surface area contributed by atoms with Crippen molar-refractivity contribution in [2.45, 2.75) is 0 Å². The maximum absolute atomic E-state index is 2.54. The Morgan fingerprint density at radius 3 is 1.47 bits per heavy atom. The van der Waals surface area contributed by atoms with Crippen LogP contribution in [-0.2, 0) is 0 Å². The van der Waals surface area contributed by atoms with Gasteiger partial charge in [0.15, 0.2) is 0 Å². The summed E-state index contributed by atoms with van der Waals surface area (Å²) in [5, 5.41) is 20.9. The maximum atomic E-state index is 2.54. The van der Waals surface area contributed by atoms with Gasteiger partial charge in [0.05, 0.1) is 0 Å². The van der Waals surface area contributed by atoms with E-state index in [2.05, 4.69) is 206 Å². The van der Waals surface area contributed by atoms with E-state index >= 15 is 0 Å². The molecule has 0 heterocycles. The minimum atomic E-state index is 1.22. The first kappa shape index (κ1) is 31.6. The number of fused-ring (bicyclic) bond motifs is 9. The van der Waals surface area contributed by atoms with Crippen LogP contribution in [0.3, 0.4) is 0 Å². The van der Waals surface area contributed by atoms with E-state index in [1.165, 1.54) is 131 Å². The molecular formula is C58H34. The lowest BCUT2D eigenvalue weighted by Crippen LogP contribution is -1.93. The summed E-state index contributed by atoms with van der Waals surface area (Å²) in [6, 6.07) is 77.0. The Kier molecular flexibility index (Phi) is 6.54. The molecule has 0 spiro atoms. The zero-order valence-corrected chi connectivity index (χ0v) is 31.6. The quantitative estimate of drug-likeness (QED) is 0.158. The minimum Gasteiger partial charge on any atom is -0.0622 e. The Balaban J connectivity index is 1.32. The van der Waals surface area contributed by atoms with E-state index in [0.717, 1.165) is 0 Å². The summed E-state index contributed by atoms with van der Waals surface area (Å²) in [4.78, 5) is 0. The molecule has 58 heavy (non-hydrogen) atoms. The highest BCUT2D eigenvalue weighted by Gasteiger charge is 2.28. The van der Waals surface area contributed by atoms with Gasteiger partial charge in [-0.15, -0.1) is 0 Å². The van der Waals surface area contributed by atoms with Crippen molar-refractivity contribution in [3.63, 3.8) is 0 Å². The third kappa shape index (κ3) is 4.24. The fraction of sp³-hybridized carbons (Fsp3) is 0. The molecule has 0 amide bonds. The van der Waals surface area contributed by atoms with Crippen LogP contribution in [0.5, 0.6) is 0 Å². The molecule has 13 aromatic carbocycles. The second kappa shape index (κ2) is 12.0. The van der Waals surface area contributed by atoms with Crippen LogP contribution in [0.4, 0.5) is 0 Å². The first-order valence-corrected chi connectivity index (χ1v) is 20.3. The average Bonchev–Trinajstić information content (AvgIpc) is 3.80. The summed E-state index contributed by atoms with van der Waals surface area (Å²) in [6.07, 6.45) is 0. The molecule has 0 fully saturated rings. The summed E-state index contributed by atoms with van der Waals surface area (Å²) >= 11 is 0. The van der Waals surface area contributed by atoms with E-state index in [1.807, 2.05) is 0 Å². The van der Waals surface area contributed by atoms with Crippen LogP contribution in [0.15, 0.2) is 206 Å². The van der Waals surface area contributed by atoms with Crippen LogP contribution in [0, 0.1) is 0 Å². The molecular weight excluding hydrogens is 697 g/mol.